The van der Waals surface area contributed by atoms with Crippen molar-refractivity contribution in [1.29, 1.82) is 0 Å². The van der Waals surface area contributed by atoms with Gasteiger partial charge in [0.1, 0.15) is 12.3 Å². The lowest BCUT2D eigenvalue weighted by Gasteiger charge is -2.43. The molecule has 0 spiro atoms. The number of rotatable bonds is 2. The second kappa shape index (κ2) is 9.06. The Morgan fingerprint density at radius 1 is 0.909 bits per heavy atom. The number of pyridine rings is 1. The number of aromatic nitrogens is 3. The third-order valence-electron chi connectivity index (χ3n) is 8.17. The van der Waals surface area contributed by atoms with Gasteiger partial charge in [0.25, 0.3) is 11.8 Å². The molecule has 0 bridgehead atoms. The average molecular weight is 620 g/mol. The van der Waals surface area contributed by atoms with Gasteiger partial charge in [0, 0.05) is 24.2 Å². The van der Waals surface area contributed by atoms with Crippen LogP contribution in [0.15, 0.2) is 48.8 Å². The zero-order chi connectivity index (χ0) is 31.3. The Morgan fingerprint density at radius 3 is 2.34 bits per heavy atom. The molecule has 1 aromatic carbocycles. The first-order chi connectivity index (χ1) is 20.7. The number of imidazole rings is 1. The van der Waals surface area contributed by atoms with Crippen LogP contribution in [0.5, 0.6) is 0 Å². The summed E-state index contributed by atoms with van der Waals surface area (Å²) in [7, 11) is 0. The summed E-state index contributed by atoms with van der Waals surface area (Å²) in [5.74, 6) is -18.4. The van der Waals surface area contributed by atoms with E-state index >= 15 is 4.39 Å². The minimum atomic E-state index is -5.66. The van der Waals surface area contributed by atoms with Crippen LogP contribution in [0.2, 0.25) is 0 Å². The zero-order valence-electron chi connectivity index (χ0n) is 22.3. The maximum atomic E-state index is 15.5. The van der Waals surface area contributed by atoms with Crippen LogP contribution in [-0.2, 0) is 22.7 Å². The van der Waals surface area contributed by atoms with Crippen LogP contribution in [0.3, 0.4) is 0 Å². The number of carbonyl (C=O) groups excluding carboxylic acids is 3. The van der Waals surface area contributed by atoms with E-state index in [-0.39, 0.29) is 45.5 Å². The molecule has 0 unspecified atom stereocenters. The molecule has 7 rings (SSSR count). The maximum absolute atomic E-state index is 15.5. The summed E-state index contributed by atoms with van der Waals surface area (Å²) in [5, 5.41) is 2.45. The molecule has 3 aromatic heterocycles. The van der Waals surface area contributed by atoms with E-state index in [2.05, 4.69) is 10.3 Å². The number of urea groups is 1. The van der Waals surface area contributed by atoms with Crippen molar-refractivity contribution in [2.24, 2.45) is 0 Å². The number of fused-ring (bicyclic) bond motifs is 1. The predicted molar refractivity (Wildman–Crippen MR) is 139 cm³/mol. The van der Waals surface area contributed by atoms with Gasteiger partial charge in [0.2, 0.25) is 0 Å². The van der Waals surface area contributed by atoms with Crippen LogP contribution in [0.25, 0.3) is 27.7 Å². The lowest BCUT2D eigenvalue weighted by Crippen LogP contribution is -2.69. The molecule has 16 heteroatoms. The lowest BCUT2D eigenvalue weighted by atomic mass is 9.94. The van der Waals surface area contributed by atoms with Crippen molar-refractivity contribution < 1.29 is 45.1 Å². The largest absolute Gasteiger partial charge is 0.375 e. The number of amides is 4. The molecule has 3 aliphatic rings. The fourth-order valence-corrected chi connectivity index (χ4v) is 6.04. The van der Waals surface area contributed by atoms with E-state index in [0.717, 1.165) is 15.5 Å². The predicted octanol–water partition coefficient (Wildman–Crippen LogP) is 4.15. The molecule has 44 heavy (non-hydrogen) atoms. The summed E-state index contributed by atoms with van der Waals surface area (Å²) >= 11 is 0. The molecule has 4 aromatic rings. The van der Waals surface area contributed by atoms with E-state index in [1.165, 1.54) is 12.3 Å². The number of hydrogen-bond acceptors (Lipinski definition) is 4. The second-order valence-corrected chi connectivity index (χ2v) is 10.8. The third-order valence-corrected chi connectivity index (χ3v) is 8.17. The first-order valence-corrected chi connectivity index (χ1v) is 13.2. The molecule has 1 saturated heterocycles. The van der Waals surface area contributed by atoms with Crippen molar-refractivity contribution >= 4 is 45.5 Å². The summed E-state index contributed by atoms with van der Waals surface area (Å²) < 4.78 is 102. The number of nitrogens with one attached hydrogen (secondary N) is 1. The fourth-order valence-electron chi connectivity index (χ4n) is 6.04. The van der Waals surface area contributed by atoms with Crippen LogP contribution in [0, 0.1) is 5.95 Å². The molecule has 6 heterocycles. The Kier molecular flexibility index (Phi) is 5.75. The number of alkyl halides is 6. The number of halogens is 7. The number of nitrogens with zero attached hydrogens (tertiary/aromatic N) is 5. The number of likely N-dealkylation sites (tertiary alicyclic amines) is 1. The van der Waals surface area contributed by atoms with Gasteiger partial charge in [-0.1, -0.05) is 18.2 Å². The molecule has 1 fully saturated rings. The van der Waals surface area contributed by atoms with Crippen LogP contribution < -0.4 is 5.32 Å². The molecule has 0 saturated carbocycles. The molecule has 4 amide bonds. The highest BCUT2D eigenvalue weighted by Gasteiger charge is 2.75. The van der Waals surface area contributed by atoms with E-state index in [4.69, 9.17) is 0 Å². The van der Waals surface area contributed by atoms with Crippen molar-refractivity contribution in [3.05, 3.63) is 71.6 Å². The Bertz CT molecular complexity index is 1940. The van der Waals surface area contributed by atoms with Crippen molar-refractivity contribution in [2.75, 3.05) is 19.6 Å². The number of imide groups is 1. The average Bonchev–Trinajstić information content (AvgIpc) is 3.56. The topological polar surface area (TPSA) is 92.0 Å². The van der Waals surface area contributed by atoms with Gasteiger partial charge in [-0.3, -0.25) is 23.9 Å². The zero-order valence-corrected chi connectivity index (χ0v) is 22.3. The third kappa shape index (κ3) is 3.78. The van der Waals surface area contributed by atoms with Gasteiger partial charge in [-0.2, -0.15) is 30.7 Å². The van der Waals surface area contributed by atoms with Gasteiger partial charge in [0.05, 0.1) is 41.6 Å². The highest BCUT2D eigenvalue weighted by molar-refractivity contribution is 6.49. The summed E-state index contributed by atoms with van der Waals surface area (Å²) in [6, 6.07) is 7.86. The van der Waals surface area contributed by atoms with Gasteiger partial charge in [-0.25, -0.2) is 9.78 Å². The number of benzene rings is 1. The Balaban J connectivity index is 1.30. The van der Waals surface area contributed by atoms with E-state index < -0.39 is 61.3 Å². The minimum Gasteiger partial charge on any atom is -0.312 e. The van der Waals surface area contributed by atoms with Crippen molar-refractivity contribution in [3.63, 3.8) is 0 Å². The van der Waals surface area contributed by atoms with Crippen LogP contribution in [0.4, 0.5) is 35.5 Å². The number of carbonyl (C=O) groups is 3. The van der Waals surface area contributed by atoms with E-state index in [9.17, 15) is 40.7 Å². The van der Waals surface area contributed by atoms with Gasteiger partial charge < -0.3 is 9.80 Å². The maximum Gasteiger partial charge on any atom is 0.375 e. The van der Waals surface area contributed by atoms with E-state index in [1.807, 2.05) is 0 Å². The summed E-state index contributed by atoms with van der Waals surface area (Å²) in [5.41, 5.74) is 1.61. The second-order valence-electron chi connectivity index (χ2n) is 10.8. The van der Waals surface area contributed by atoms with Crippen molar-refractivity contribution in [1.82, 2.24) is 29.1 Å². The SMILES string of the molecule is O=C1NC(=O)C(c2cnc3ccccn23)=C1c1ccc2c3c1cc(F)n3CN(C(=O)N1CC(F)(F)C(F)(F)C(F)(F)C1)CC2. The van der Waals surface area contributed by atoms with Gasteiger partial charge in [-0.05, 0) is 29.7 Å². The number of hydrogen-bond donors (Lipinski definition) is 1. The van der Waals surface area contributed by atoms with Crippen molar-refractivity contribution in [2.45, 2.75) is 30.9 Å². The van der Waals surface area contributed by atoms with Gasteiger partial charge in [-0.15, -0.1) is 0 Å². The smallest absolute Gasteiger partial charge is 0.312 e. The molecule has 3 aliphatic heterocycles. The van der Waals surface area contributed by atoms with Gasteiger partial charge in [0.15, 0.2) is 5.95 Å². The Labute approximate surface area is 242 Å². The van der Waals surface area contributed by atoms with Gasteiger partial charge >= 0.3 is 23.8 Å². The van der Waals surface area contributed by atoms with E-state index in [0.29, 0.717) is 16.9 Å². The lowest BCUT2D eigenvalue weighted by molar-refractivity contribution is -0.333. The quantitative estimate of drug-likeness (QED) is 0.269. The van der Waals surface area contributed by atoms with Crippen LogP contribution in [-0.4, -0.2) is 79.0 Å². The molecule has 228 valence electrons. The van der Waals surface area contributed by atoms with E-state index in [1.54, 1.807) is 34.9 Å². The van der Waals surface area contributed by atoms with Crippen molar-refractivity contribution in [3.8, 4) is 0 Å². The monoisotopic (exact) mass is 620 g/mol. The molecule has 0 aliphatic carbocycles. The minimum absolute atomic E-state index is 0.00699. The first-order valence-electron chi connectivity index (χ1n) is 13.2. The molecule has 9 nitrogen and oxygen atoms in total. The Hall–Kier alpha value is -4.89. The summed E-state index contributed by atoms with van der Waals surface area (Å²) in [6.07, 6.45) is 3.07. The molecule has 0 radical (unpaired) electrons. The fraction of sp³-hybridized carbons (Fsp3) is 0.286. The standard InChI is InChI=1S/C28H19F7N6O3/c29-18-9-16-15(20-21(24(43)37-23(20)42)17-10-36-19-3-1-2-7-40(17)19)5-4-14-6-8-38(13-41(18)22(14)16)25(44)39-11-26(30,31)28(34,35)27(32,33)12-39/h1-5,7,9-10H,6,8,11-13H2,(H,37,42,43). The molecular weight excluding hydrogens is 601 g/mol. The highest BCUT2D eigenvalue weighted by Crippen LogP contribution is 2.49. The summed E-state index contributed by atoms with van der Waals surface area (Å²) in [4.78, 5) is 44.3. The number of piperidine rings is 1. The molecule has 1 N–H and O–H groups in total. The Morgan fingerprint density at radius 2 is 1.61 bits per heavy atom. The normalized spacial score (nSPS) is 20.9. The highest BCUT2D eigenvalue weighted by atomic mass is 19.3. The first kappa shape index (κ1) is 27.9. The molecular formula is C28H19F7N6O3. The molecule has 0 atom stereocenters. The summed E-state index contributed by atoms with van der Waals surface area (Å²) in [6.45, 7) is -4.77. The van der Waals surface area contributed by atoms with Crippen LogP contribution >= 0.6 is 0 Å². The van der Waals surface area contributed by atoms with Crippen LogP contribution in [0.1, 0.15) is 16.8 Å².